The summed E-state index contributed by atoms with van der Waals surface area (Å²) in [4.78, 5) is 4.47. The summed E-state index contributed by atoms with van der Waals surface area (Å²) in [5, 5.41) is 6.55. The molecule has 0 bridgehead atoms. The van der Waals surface area contributed by atoms with Crippen LogP contribution in [-0.4, -0.2) is 41.7 Å². The highest BCUT2D eigenvalue weighted by Gasteiger charge is 2.14. The highest BCUT2D eigenvalue weighted by atomic mass is 32.2. The first-order valence-electron chi connectivity index (χ1n) is 9.06. The largest absolute Gasteiger partial charge is 0.383 e. The molecule has 7 nitrogen and oxygen atoms in total. The smallest absolute Gasteiger partial charge is 0.240 e. The minimum atomic E-state index is -3.56. The molecular weight excluding hydrogens is 376 g/mol. The van der Waals surface area contributed by atoms with E-state index in [0.717, 1.165) is 11.1 Å². The Hall–Kier alpha value is -2.42. The maximum Gasteiger partial charge on any atom is 0.240 e. The highest BCUT2D eigenvalue weighted by Crippen LogP contribution is 2.12. The van der Waals surface area contributed by atoms with Gasteiger partial charge in [0.05, 0.1) is 17.5 Å². The van der Waals surface area contributed by atoms with Gasteiger partial charge in [-0.2, -0.15) is 0 Å². The second-order valence-electron chi connectivity index (χ2n) is 6.24. The van der Waals surface area contributed by atoms with E-state index >= 15 is 0 Å². The van der Waals surface area contributed by atoms with E-state index in [0.29, 0.717) is 19.1 Å². The van der Waals surface area contributed by atoms with E-state index in [1.165, 1.54) is 7.11 Å². The van der Waals surface area contributed by atoms with Crippen molar-refractivity contribution in [2.24, 2.45) is 4.99 Å². The average molecular weight is 405 g/mol. The number of hydrogen-bond acceptors (Lipinski definition) is 4. The van der Waals surface area contributed by atoms with E-state index in [2.05, 4.69) is 39.4 Å². The van der Waals surface area contributed by atoms with Gasteiger partial charge in [-0.05, 0) is 30.2 Å². The fraction of sp³-hybridized carbons (Fsp3) is 0.350. The van der Waals surface area contributed by atoms with Crippen molar-refractivity contribution in [2.75, 3.05) is 27.3 Å². The number of methoxy groups -OCH3 is 1. The van der Waals surface area contributed by atoms with Crippen LogP contribution in [-0.2, 0) is 21.3 Å². The molecule has 1 atom stereocenters. The quantitative estimate of drug-likeness (QED) is 0.338. The fourth-order valence-corrected chi connectivity index (χ4v) is 3.68. The third kappa shape index (κ3) is 6.63. The summed E-state index contributed by atoms with van der Waals surface area (Å²) < 4.78 is 32.1. The first-order chi connectivity index (χ1) is 13.5. The molecule has 8 heteroatoms. The number of nitrogens with one attached hydrogen (secondary N) is 3. The normalized spacial score (nSPS) is 13.2. The Labute approximate surface area is 167 Å². The lowest BCUT2D eigenvalue weighted by Crippen LogP contribution is -2.38. The van der Waals surface area contributed by atoms with Crippen LogP contribution < -0.4 is 15.4 Å². The van der Waals surface area contributed by atoms with Crippen LogP contribution in [0.2, 0.25) is 0 Å². The van der Waals surface area contributed by atoms with Crippen molar-refractivity contribution in [3.8, 4) is 0 Å². The van der Waals surface area contributed by atoms with Crippen molar-refractivity contribution < 1.29 is 13.2 Å². The Morgan fingerprint density at radius 1 is 1.14 bits per heavy atom. The maximum atomic E-state index is 12.3. The van der Waals surface area contributed by atoms with Gasteiger partial charge in [0.2, 0.25) is 10.0 Å². The summed E-state index contributed by atoms with van der Waals surface area (Å²) in [6.07, 6.45) is 0. The zero-order valence-electron chi connectivity index (χ0n) is 16.5. The lowest BCUT2D eigenvalue weighted by molar-refractivity contribution is 0.204. The number of nitrogens with zero attached hydrogens (tertiary/aromatic N) is 1. The van der Waals surface area contributed by atoms with Crippen molar-refractivity contribution in [2.45, 2.75) is 24.4 Å². The minimum absolute atomic E-state index is 0.0871. The maximum absolute atomic E-state index is 12.3. The van der Waals surface area contributed by atoms with Gasteiger partial charge < -0.3 is 15.4 Å². The molecule has 0 aromatic heterocycles. The average Bonchev–Trinajstić information content (AvgIpc) is 2.72. The molecule has 0 amide bonds. The SMILES string of the molecule is CN=C(NCc1cccc(S(=O)(=O)NCCOC)c1)NC(C)c1ccccc1. The van der Waals surface area contributed by atoms with Crippen LogP contribution in [0.25, 0.3) is 0 Å². The lowest BCUT2D eigenvalue weighted by atomic mass is 10.1. The molecule has 2 rings (SSSR count). The van der Waals surface area contributed by atoms with E-state index in [1.54, 1.807) is 25.2 Å². The Balaban J connectivity index is 1.97. The van der Waals surface area contributed by atoms with Crippen LogP contribution in [0.4, 0.5) is 0 Å². The zero-order valence-corrected chi connectivity index (χ0v) is 17.3. The molecule has 2 aromatic carbocycles. The number of benzene rings is 2. The minimum Gasteiger partial charge on any atom is -0.383 e. The Kier molecular flexibility index (Phi) is 8.43. The third-order valence-electron chi connectivity index (χ3n) is 4.14. The van der Waals surface area contributed by atoms with Gasteiger partial charge in [-0.25, -0.2) is 13.1 Å². The van der Waals surface area contributed by atoms with Crippen LogP contribution in [0.15, 0.2) is 64.5 Å². The molecule has 1 unspecified atom stereocenters. The topological polar surface area (TPSA) is 91.8 Å². The number of ether oxygens (including phenoxy) is 1. The van der Waals surface area contributed by atoms with Crippen LogP contribution in [0.5, 0.6) is 0 Å². The van der Waals surface area contributed by atoms with Gasteiger partial charge in [0, 0.05) is 27.2 Å². The number of aliphatic imine (C=N–C) groups is 1. The summed E-state index contributed by atoms with van der Waals surface area (Å²) in [7, 11) is -0.328. The monoisotopic (exact) mass is 404 g/mol. The molecular formula is C20H28N4O3S. The first-order valence-corrected chi connectivity index (χ1v) is 10.5. The van der Waals surface area contributed by atoms with Gasteiger partial charge in [0.25, 0.3) is 0 Å². The Morgan fingerprint density at radius 2 is 1.89 bits per heavy atom. The molecule has 0 fully saturated rings. The first kappa shape index (κ1) is 21.9. The lowest BCUT2D eigenvalue weighted by Gasteiger charge is -2.18. The summed E-state index contributed by atoms with van der Waals surface area (Å²) in [6, 6.07) is 17.0. The molecule has 0 aliphatic carbocycles. The van der Waals surface area contributed by atoms with Crippen LogP contribution >= 0.6 is 0 Å². The van der Waals surface area contributed by atoms with Crippen molar-refractivity contribution >= 4 is 16.0 Å². The second-order valence-corrected chi connectivity index (χ2v) is 8.01. The van der Waals surface area contributed by atoms with E-state index in [1.807, 2.05) is 24.3 Å². The fourth-order valence-electron chi connectivity index (χ4n) is 2.59. The standard InChI is InChI=1S/C20H28N4O3S/c1-16(18-9-5-4-6-10-18)24-20(21-2)22-15-17-8-7-11-19(14-17)28(25,26)23-12-13-27-3/h4-11,14,16,23H,12-13,15H2,1-3H3,(H2,21,22,24). The molecule has 0 heterocycles. The van der Waals surface area contributed by atoms with Gasteiger partial charge >= 0.3 is 0 Å². The van der Waals surface area contributed by atoms with E-state index in [9.17, 15) is 8.42 Å². The van der Waals surface area contributed by atoms with Crippen LogP contribution in [0.1, 0.15) is 24.1 Å². The number of sulfonamides is 1. The van der Waals surface area contributed by atoms with Gasteiger partial charge in [-0.3, -0.25) is 4.99 Å². The Morgan fingerprint density at radius 3 is 2.57 bits per heavy atom. The van der Waals surface area contributed by atoms with Crippen molar-refractivity contribution in [3.63, 3.8) is 0 Å². The summed E-state index contributed by atoms with van der Waals surface area (Å²) in [5.74, 6) is 0.642. The molecule has 0 spiro atoms. The number of rotatable bonds is 9. The Bertz CT molecular complexity index is 870. The van der Waals surface area contributed by atoms with Crippen molar-refractivity contribution in [1.29, 1.82) is 0 Å². The predicted octanol–water partition coefficient (Wildman–Crippen LogP) is 2.04. The van der Waals surface area contributed by atoms with Crippen LogP contribution in [0.3, 0.4) is 0 Å². The number of hydrogen-bond donors (Lipinski definition) is 3. The molecule has 28 heavy (non-hydrogen) atoms. The number of guanidine groups is 1. The van der Waals surface area contributed by atoms with Gasteiger partial charge in [-0.15, -0.1) is 0 Å². The third-order valence-corrected chi connectivity index (χ3v) is 5.60. The molecule has 0 aliphatic rings. The van der Waals surface area contributed by atoms with E-state index in [-0.39, 0.29) is 17.5 Å². The highest BCUT2D eigenvalue weighted by molar-refractivity contribution is 7.89. The molecule has 0 saturated heterocycles. The van der Waals surface area contributed by atoms with Gasteiger partial charge in [0.15, 0.2) is 5.96 Å². The molecule has 0 radical (unpaired) electrons. The van der Waals surface area contributed by atoms with E-state index < -0.39 is 10.0 Å². The molecule has 152 valence electrons. The summed E-state index contributed by atoms with van der Waals surface area (Å²) in [6.45, 7) is 3.06. The van der Waals surface area contributed by atoms with Crippen LogP contribution in [0, 0.1) is 0 Å². The van der Waals surface area contributed by atoms with Crippen molar-refractivity contribution in [3.05, 3.63) is 65.7 Å². The summed E-state index contributed by atoms with van der Waals surface area (Å²) in [5.41, 5.74) is 1.99. The van der Waals surface area contributed by atoms with Crippen molar-refractivity contribution in [1.82, 2.24) is 15.4 Å². The van der Waals surface area contributed by atoms with Gasteiger partial charge in [-0.1, -0.05) is 42.5 Å². The van der Waals surface area contributed by atoms with Gasteiger partial charge in [0.1, 0.15) is 0 Å². The second kappa shape index (κ2) is 10.8. The molecule has 0 saturated carbocycles. The molecule has 0 aliphatic heterocycles. The molecule has 2 aromatic rings. The summed E-state index contributed by atoms with van der Waals surface area (Å²) >= 11 is 0. The molecule has 3 N–H and O–H groups in total. The van der Waals surface area contributed by atoms with E-state index in [4.69, 9.17) is 4.74 Å². The zero-order chi connectivity index (χ0) is 20.4. The predicted molar refractivity (Wildman–Crippen MR) is 112 cm³/mol.